The van der Waals surface area contributed by atoms with Crippen LogP contribution in [0.3, 0.4) is 0 Å². The maximum atomic E-state index is 12.8. The number of benzene rings is 1. The van der Waals surface area contributed by atoms with Crippen molar-refractivity contribution in [3.63, 3.8) is 0 Å². The van der Waals surface area contributed by atoms with Gasteiger partial charge in [0.15, 0.2) is 0 Å². The maximum absolute atomic E-state index is 12.8. The number of carboxylic acids is 1. The van der Waals surface area contributed by atoms with Crippen molar-refractivity contribution in [3.05, 3.63) is 34.2 Å². The largest absolute Gasteiger partial charge is 0.481 e. The number of aryl methyl sites for hydroxylation is 1. The molecule has 1 atom stereocenters. The highest BCUT2D eigenvalue weighted by molar-refractivity contribution is 5.97. The molecule has 0 radical (unpaired) electrons. The molecule has 1 saturated heterocycles. The number of aliphatic carboxylic acids is 1. The van der Waals surface area contributed by atoms with E-state index in [4.69, 9.17) is 5.11 Å². The van der Waals surface area contributed by atoms with Crippen molar-refractivity contribution in [1.82, 2.24) is 14.5 Å². The molecule has 1 fully saturated rings. The number of carboxylic acid groups (broad SMARTS) is 1. The van der Waals surface area contributed by atoms with Crippen LogP contribution in [0.4, 0.5) is 0 Å². The second-order valence-electron chi connectivity index (χ2n) is 6.41. The van der Waals surface area contributed by atoms with E-state index in [-0.39, 0.29) is 23.9 Å². The summed E-state index contributed by atoms with van der Waals surface area (Å²) >= 11 is 0. The Kier molecular flexibility index (Phi) is 4.42. The van der Waals surface area contributed by atoms with Crippen molar-refractivity contribution in [2.24, 2.45) is 13.0 Å². The highest BCUT2D eigenvalue weighted by Crippen LogP contribution is 2.23. The number of hydrogen-bond donors (Lipinski definition) is 2. The van der Waals surface area contributed by atoms with Gasteiger partial charge in [0.05, 0.1) is 11.0 Å². The fraction of sp³-hybridized carbons (Fsp3) is 0.471. The van der Waals surface area contributed by atoms with E-state index in [1.807, 2.05) is 0 Å². The van der Waals surface area contributed by atoms with Gasteiger partial charge in [0.25, 0.3) is 5.91 Å². The van der Waals surface area contributed by atoms with Crippen molar-refractivity contribution in [2.75, 3.05) is 13.1 Å². The van der Waals surface area contributed by atoms with Crippen LogP contribution in [0, 0.1) is 5.92 Å². The van der Waals surface area contributed by atoms with Crippen molar-refractivity contribution < 1.29 is 14.7 Å². The number of likely N-dealkylation sites (tertiary alicyclic amines) is 1. The van der Waals surface area contributed by atoms with Gasteiger partial charge in [0, 0.05) is 32.1 Å². The van der Waals surface area contributed by atoms with Gasteiger partial charge >= 0.3 is 11.7 Å². The number of piperidine rings is 1. The first-order valence-electron chi connectivity index (χ1n) is 8.15. The van der Waals surface area contributed by atoms with E-state index in [1.54, 1.807) is 30.1 Å². The van der Waals surface area contributed by atoms with Gasteiger partial charge in [-0.2, -0.15) is 0 Å². The Balaban J connectivity index is 1.77. The number of aromatic amines is 1. The fourth-order valence-corrected chi connectivity index (χ4v) is 3.35. The highest BCUT2D eigenvalue weighted by atomic mass is 16.4. The number of fused-ring (bicyclic) bond motifs is 1. The molecule has 1 amide bonds. The van der Waals surface area contributed by atoms with Crippen LogP contribution < -0.4 is 5.69 Å². The molecule has 2 N–H and O–H groups in total. The number of imidazole rings is 1. The lowest BCUT2D eigenvalue weighted by atomic mass is 9.93. The number of hydrogen-bond acceptors (Lipinski definition) is 3. The molecule has 7 heteroatoms. The van der Waals surface area contributed by atoms with Gasteiger partial charge in [-0.1, -0.05) is 0 Å². The van der Waals surface area contributed by atoms with Crippen LogP contribution in [-0.2, 0) is 11.8 Å². The number of carbonyl (C=O) groups is 2. The molecule has 7 nitrogen and oxygen atoms in total. The number of H-pyrrole nitrogens is 1. The summed E-state index contributed by atoms with van der Waals surface area (Å²) in [6.45, 7) is 1.28. The molecule has 2 heterocycles. The Bertz CT molecular complexity index is 836. The highest BCUT2D eigenvalue weighted by Gasteiger charge is 2.25. The fourth-order valence-electron chi connectivity index (χ4n) is 3.35. The molecule has 1 aliphatic heterocycles. The third kappa shape index (κ3) is 3.20. The number of carbonyl (C=O) groups excluding carboxylic acids is 1. The van der Waals surface area contributed by atoms with E-state index in [2.05, 4.69) is 4.98 Å². The lowest BCUT2D eigenvalue weighted by Gasteiger charge is -2.32. The smallest absolute Gasteiger partial charge is 0.326 e. The van der Waals surface area contributed by atoms with Crippen molar-refractivity contribution >= 4 is 22.9 Å². The predicted octanol–water partition coefficient (Wildman–Crippen LogP) is 1.58. The number of amides is 1. The first-order chi connectivity index (χ1) is 11.5. The van der Waals surface area contributed by atoms with E-state index >= 15 is 0 Å². The summed E-state index contributed by atoms with van der Waals surface area (Å²) in [6, 6.07) is 5.20. The summed E-state index contributed by atoms with van der Waals surface area (Å²) in [5, 5.41) is 8.81. The summed E-state index contributed by atoms with van der Waals surface area (Å²) < 4.78 is 1.48. The summed E-state index contributed by atoms with van der Waals surface area (Å²) in [4.78, 5) is 39.7. The van der Waals surface area contributed by atoms with E-state index < -0.39 is 5.97 Å². The van der Waals surface area contributed by atoms with Gasteiger partial charge in [-0.15, -0.1) is 0 Å². The molecular weight excluding hydrogens is 310 g/mol. The first kappa shape index (κ1) is 16.3. The molecule has 128 valence electrons. The van der Waals surface area contributed by atoms with Crippen molar-refractivity contribution in [3.8, 4) is 0 Å². The molecule has 1 aliphatic rings. The first-order valence-corrected chi connectivity index (χ1v) is 8.15. The van der Waals surface area contributed by atoms with Crippen LogP contribution in [0.15, 0.2) is 23.0 Å². The Morgan fingerprint density at radius 2 is 2.17 bits per heavy atom. The minimum Gasteiger partial charge on any atom is -0.481 e. The van der Waals surface area contributed by atoms with Crippen LogP contribution in [0.25, 0.3) is 11.0 Å². The van der Waals surface area contributed by atoms with Crippen LogP contribution in [-0.4, -0.2) is 44.5 Å². The zero-order chi connectivity index (χ0) is 17.3. The third-order valence-corrected chi connectivity index (χ3v) is 4.72. The van der Waals surface area contributed by atoms with Gasteiger partial charge in [-0.05, 0) is 43.4 Å². The molecule has 0 bridgehead atoms. The normalized spacial score (nSPS) is 18.0. The van der Waals surface area contributed by atoms with Crippen LogP contribution in [0.1, 0.15) is 36.0 Å². The summed E-state index contributed by atoms with van der Waals surface area (Å²) in [6.07, 6.45) is 2.60. The average Bonchev–Trinajstić information content (AvgIpc) is 2.86. The molecule has 1 aromatic heterocycles. The van der Waals surface area contributed by atoms with Crippen molar-refractivity contribution in [1.29, 1.82) is 0 Å². The quantitative estimate of drug-likeness (QED) is 0.889. The summed E-state index contributed by atoms with van der Waals surface area (Å²) in [5.41, 5.74) is 1.75. The SMILES string of the molecule is Cn1c(=O)[nH]c2ccc(C(=O)N3CCCC(CCC(=O)O)C3)cc21. The van der Waals surface area contributed by atoms with Crippen LogP contribution >= 0.6 is 0 Å². The molecule has 1 unspecified atom stereocenters. The zero-order valence-electron chi connectivity index (χ0n) is 13.6. The van der Waals surface area contributed by atoms with Gasteiger partial charge in [0.2, 0.25) is 0 Å². The van der Waals surface area contributed by atoms with E-state index in [1.165, 1.54) is 4.57 Å². The lowest BCUT2D eigenvalue weighted by Crippen LogP contribution is -2.40. The Hall–Kier alpha value is -2.57. The third-order valence-electron chi connectivity index (χ3n) is 4.72. The molecule has 3 rings (SSSR count). The van der Waals surface area contributed by atoms with Gasteiger partial charge < -0.3 is 15.0 Å². The van der Waals surface area contributed by atoms with E-state index in [0.29, 0.717) is 36.1 Å². The minimum atomic E-state index is -0.794. The molecule has 0 spiro atoms. The standard InChI is InChI=1S/C17H21N3O4/c1-19-14-9-12(5-6-13(14)18-17(19)24)16(23)20-8-2-3-11(10-20)4-7-15(21)22/h5-6,9,11H,2-4,7-8,10H2,1H3,(H,18,24)(H,21,22). The van der Waals surface area contributed by atoms with Crippen LogP contribution in [0.5, 0.6) is 0 Å². The molecule has 2 aromatic rings. The second kappa shape index (κ2) is 6.51. The number of nitrogens with one attached hydrogen (secondary N) is 1. The van der Waals surface area contributed by atoms with Gasteiger partial charge in [0.1, 0.15) is 0 Å². The monoisotopic (exact) mass is 331 g/mol. The van der Waals surface area contributed by atoms with E-state index in [9.17, 15) is 14.4 Å². The number of aromatic nitrogens is 2. The maximum Gasteiger partial charge on any atom is 0.326 e. The molecule has 1 aromatic carbocycles. The molecular formula is C17H21N3O4. The second-order valence-corrected chi connectivity index (χ2v) is 6.41. The topological polar surface area (TPSA) is 95.4 Å². The Labute approximate surface area is 138 Å². The van der Waals surface area contributed by atoms with Gasteiger partial charge in [-0.3, -0.25) is 14.2 Å². The lowest BCUT2D eigenvalue weighted by molar-refractivity contribution is -0.137. The summed E-state index contributed by atoms with van der Waals surface area (Å²) in [7, 11) is 1.66. The molecule has 24 heavy (non-hydrogen) atoms. The molecule has 0 aliphatic carbocycles. The average molecular weight is 331 g/mol. The zero-order valence-corrected chi connectivity index (χ0v) is 13.6. The Morgan fingerprint density at radius 3 is 2.92 bits per heavy atom. The number of nitrogens with zero attached hydrogens (tertiary/aromatic N) is 2. The molecule has 0 saturated carbocycles. The Morgan fingerprint density at radius 1 is 1.38 bits per heavy atom. The van der Waals surface area contributed by atoms with E-state index in [0.717, 1.165) is 12.8 Å². The number of rotatable bonds is 4. The van der Waals surface area contributed by atoms with Crippen molar-refractivity contribution in [2.45, 2.75) is 25.7 Å². The summed E-state index contributed by atoms with van der Waals surface area (Å²) in [5.74, 6) is -0.623. The van der Waals surface area contributed by atoms with Crippen LogP contribution in [0.2, 0.25) is 0 Å². The minimum absolute atomic E-state index is 0.0643. The predicted molar refractivity (Wildman–Crippen MR) is 89.0 cm³/mol. The van der Waals surface area contributed by atoms with Gasteiger partial charge in [-0.25, -0.2) is 4.79 Å².